The van der Waals surface area contributed by atoms with Crippen molar-refractivity contribution in [1.82, 2.24) is 0 Å². The fourth-order valence-electron chi connectivity index (χ4n) is 1.92. The third kappa shape index (κ3) is 5.16. The summed E-state index contributed by atoms with van der Waals surface area (Å²) < 4.78 is 34.0. The Morgan fingerprint density at radius 3 is 2.33 bits per heavy atom. The van der Waals surface area contributed by atoms with E-state index >= 15 is 0 Å². The van der Waals surface area contributed by atoms with Crippen LogP contribution in [0, 0.1) is 0 Å². The first-order valence-electron chi connectivity index (χ1n) is 6.64. The quantitative estimate of drug-likeness (QED) is 0.750. The van der Waals surface area contributed by atoms with Crippen molar-refractivity contribution in [3.8, 4) is 11.5 Å². The van der Waals surface area contributed by atoms with Gasteiger partial charge in [-0.3, -0.25) is 0 Å². The minimum atomic E-state index is -3.00. The number of hydrogen-bond acceptors (Lipinski definition) is 5. The molecule has 0 radical (unpaired) electrons. The molecular formula is C14H21BrO5S. The fraction of sp³-hybridized carbons (Fsp3) is 0.571. The summed E-state index contributed by atoms with van der Waals surface area (Å²) in [7, 11) is 0.0628. The number of hydrogen-bond donors (Lipinski definition) is 1. The largest absolute Gasteiger partial charge is 0.493 e. The van der Waals surface area contributed by atoms with Crippen molar-refractivity contribution >= 4 is 25.8 Å². The summed E-state index contributed by atoms with van der Waals surface area (Å²) in [5.41, 5.74) is 0.654. The van der Waals surface area contributed by atoms with E-state index in [0.717, 1.165) is 0 Å². The van der Waals surface area contributed by atoms with Crippen LogP contribution in [-0.2, 0) is 9.84 Å². The minimum Gasteiger partial charge on any atom is -0.493 e. The predicted octanol–water partition coefficient (Wildman–Crippen LogP) is 2.71. The number of rotatable bonds is 8. The van der Waals surface area contributed by atoms with E-state index in [-0.39, 0.29) is 11.5 Å². The van der Waals surface area contributed by atoms with Gasteiger partial charge in [0.1, 0.15) is 9.84 Å². The van der Waals surface area contributed by atoms with Gasteiger partial charge in [0, 0.05) is 10.2 Å². The van der Waals surface area contributed by atoms with Gasteiger partial charge in [0.2, 0.25) is 0 Å². The second-order valence-electron chi connectivity index (χ2n) is 4.62. The van der Waals surface area contributed by atoms with Crippen molar-refractivity contribution in [2.24, 2.45) is 0 Å². The van der Waals surface area contributed by atoms with Crippen molar-refractivity contribution in [1.29, 1.82) is 0 Å². The molecule has 1 aromatic carbocycles. The summed E-state index contributed by atoms with van der Waals surface area (Å²) in [5.74, 6) is 1.30. The van der Waals surface area contributed by atoms with Gasteiger partial charge in [-0.05, 0) is 30.5 Å². The zero-order chi connectivity index (χ0) is 16.0. The monoisotopic (exact) mass is 380 g/mol. The molecule has 1 atom stereocenters. The molecule has 21 heavy (non-hydrogen) atoms. The van der Waals surface area contributed by atoms with E-state index in [0.29, 0.717) is 34.4 Å². The molecule has 0 aliphatic heterocycles. The number of halogens is 1. The molecule has 0 saturated carbocycles. The second kappa shape index (κ2) is 8.00. The summed E-state index contributed by atoms with van der Waals surface area (Å²) in [6.45, 7) is 1.62. The van der Waals surface area contributed by atoms with E-state index in [1.165, 1.54) is 14.2 Å². The Bertz CT molecular complexity index is 571. The van der Waals surface area contributed by atoms with Crippen molar-refractivity contribution in [2.75, 3.05) is 25.7 Å². The summed E-state index contributed by atoms with van der Waals surface area (Å²) in [6.07, 6.45) is 0.0251. The Morgan fingerprint density at radius 2 is 1.81 bits per heavy atom. The number of sulfone groups is 1. The van der Waals surface area contributed by atoms with Crippen LogP contribution in [0.5, 0.6) is 11.5 Å². The fourth-order valence-corrected chi connectivity index (χ4v) is 3.40. The number of methoxy groups -OCH3 is 2. The summed E-state index contributed by atoms with van der Waals surface area (Å²) >= 11 is 3.38. The molecule has 1 unspecified atom stereocenters. The third-order valence-corrected chi connectivity index (χ3v) is 5.71. The van der Waals surface area contributed by atoms with Crippen molar-refractivity contribution < 1.29 is 23.0 Å². The second-order valence-corrected chi connectivity index (χ2v) is 7.95. The zero-order valence-corrected chi connectivity index (χ0v) is 14.8. The maximum atomic E-state index is 11.4. The van der Waals surface area contributed by atoms with Gasteiger partial charge in [-0.2, -0.15) is 0 Å². The van der Waals surface area contributed by atoms with Crippen LogP contribution in [-0.4, -0.2) is 39.2 Å². The molecule has 0 spiro atoms. The molecule has 0 bridgehead atoms. The van der Waals surface area contributed by atoms with Crippen LogP contribution in [0.1, 0.15) is 31.4 Å². The van der Waals surface area contributed by atoms with E-state index in [9.17, 15) is 13.5 Å². The van der Waals surface area contributed by atoms with Crippen LogP contribution in [0.2, 0.25) is 0 Å². The minimum absolute atomic E-state index is 0.0888. The number of aliphatic hydroxyl groups is 1. The zero-order valence-electron chi connectivity index (χ0n) is 12.4. The topological polar surface area (TPSA) is 72.8 Å². The molecule has 5 nitrogen and oxygen atoms in total. The summed E-state index contributed by atoms with van der Waals surface area (Å²) in [6, 6.07) is 3.42. The van der Waals surface area contributed by atoms with Gasteiger partial charge >= 0.3 is 0 Å². The number of ether oxygens (including phenoxy) is 2. The Balaban J connectivity index is 2.80. The van der Waals surface area contributed by atoms with Gasteiger partial charge in [0.05, 0.1) is 26.1 Å². The Labute approximate surface area is 134 Å². The van der Waals surface area contributed by atoms with Crippen LogP contribution >= 0.6 is 15.9 Å². The molecule has 0 aliphatic rings. The highest BCUT2D eigenvalue weighted by molar-refractivity contribution is 9.10. The van der Waals surface area contributed by atoms with Crippen LogP contribution < -0.4 is 9.47 Å². The molecule has 0 aromatic heterocycles. The Morgan fingerprint density at radius 1 is 1.24 bits per heavy atom. The highest BCUT2D eigenvalue weighted by Crippen LogP contribution is 2.37. The molecule has 120 valence electrons. The maximum Gasteiger partial charge on any atom is 0.161 e. The molecule has 1 N–H and O–H groups in total. The molecule has 0 amide bonds. The number of aliphatic hydroxyl groups excluding tert-OH is 1. The lowest BCUT2D eigenvalue weighted by Crippen LogP contribution is -2.10. The first-order valence-corrected chi connectivity index (χ1v) is 9.26. The first kappa shape index (κ1) is 18.3. The normalized spacial score (nSPS) is 13.0. The summed E-state index contributed by atoms with van der Waals surface area (Å²) in [4.78, 5) is 0. The average molecular weight is 381 g/mol. The van der Waals surface area contributed by atoms with Gasteiger partial charge in [-0.1, -0.05) is 22.9 Å². The predicted molar refractivity (Wildman–Crippen MR) is 85.8 cm³/mol. The number of benzene rings is 1. The van der Waals surface area contributed by atoms with E-state index in [2.05, 4.69) is 15.9 Å². The lowest BCUT2D eigenvalue weighted by atomic mass is 10.0. The van der Waals surface area contributed by atoms with Gasteiger partial charge in [-0.15, -0.1) is 0 Å². The molecule has 7 heteroatoms. The van der Waals surface area contributed by atoms with Crippen molar-refractivity contribution in [2.45, 2.75) is 25.9 Å². The van der Waals surface area contributed by atoms with Crippen molar-refractivity contribution in [3.63, 3.8) is 0 Å². The van der Waals surface area contributed by atoms with Crippen LogP contribution in [0.15, 0.2) is 16.6 Å². The smallest absolute Gasteiger partial charge is 0.161 e. The Kier molecular flexibility index (Phi) is 6.96. The lowest BCUT2D eigenvalue weighted by Gasteiger charge is -2.16. The van der Waals surface area contributed by atoms with E-state index in [4.69, 9.17) is 9.47 Å². The van der Waals surface area contributed by atoms with Crippen LogP contribution in [0.25, 0.3) is 0 Å². The average Bonchev–Trinajstić information content (AvgIpc) is 2.46. The molecular weight excluding hydrogens is 360 g/mol. The molecule has 0 heterocycles. The lowest BCUT2D eigenvalue weighted by molar-refractivity contribution is 0.165. The Hall–Kier alpha value is -0.790. The van der Waals surface area contributed by atoms with E-state index in [1.54, 1.807) is 19.1 Å². The third-order valence-electron chi connectivity index (χ3n) is 3.23. The van der Waals surface area contributed by atoms with Crippen LogP contribution in [0.4, 0.5) is 0 Å². The van der Waals surface area contributed by atoms with Gasteiger partial charge in [-0.25, -0.2) is 8.42 Å². The summed E-state index contributed by atoms with van der Waals surface area (Å²) in [5, 5.41) is 10.2. The van der Waals surface area contributed by atoms with E-state index < -0.39 is 15.9 Å². The molecule has 1 aromatic rings. The highest BCUT2D eigenvalue weighted by Gasteiger charge is 2.17. The SMILES string of the molecule is CCS(=O)(=O)CCCC(O)c1cc(OC)c(OC)cc1Br. The molecule has 0 saturated heterocycles. The highest BCUT2D eigenvalue weighted by atomic mass is 79.9. The van der Waals surface area contributed by atoms with Gasteiger partial charge in [0.15, 0.2) is 11.5 Å². The van der Waals surface area contributed by atoms with E-state index in [1.807, 2.05) is 0 Å². The first-order chi connectivity index (χ1) is 9.84. The molecule has 1 rings (SSSR count). The maximum absolute atomic E-state index is 11.4. The molecule has 0 aliphatic carbocycles. The van der Waals surface area contributed by atoms with Gasteiger partial charge in [0.25, 0.3) is 0 Å². The standard InChI is InChI=1S/C14H21BrO5S/c1-4-21(17,18)7-5-6-12(16)10-8-13(19-2)14(20-3)9-11(10)15/h8-9,12,16H,4-7H2,1-3H3. The van der Waals surface area contributed by atoms with Gasteiger partial charge < -0.3 is 14.6 Å². The van der Waals surface area contributed by atoms with Crippen LogP contribution in [0.3, 0.4) is 0 Å². The molecule has 0 fully saturated rings. The van der Waals surface area contributed by atoms with Crippen molar-refractivity contribution in [3.05, 3.63) is 22.2 Å².